The van der Waals surface area contributed by atoms with Crippen molar-refractivity contribution in [1.82, 2.24) is 25.3 Å². The number of likely N-dealkylation sites (tertiary alicyclic amines) is 1. The molecular weight excluding hydrogens is 549 g/mol. The van der Waals surface area contributed by atoms with E-state index in [9.17, 15) is 13.2 Å². The molecule has 12 heteroatoms. The average Bonchev–Trinajstić information content (AvgIpc) is 3.56. The molecule has 2 aliphatic rings. The van der Waals surface area contributed by atoms with E-state index in [0.29, 0.717) is 32.4 Å². The molecule has 3 aromatic rings. The van der Waals surface area contributed by atoms with Gasteiger partial charge in [-0.15, -0.1) is 0 Å². The quantitative estimate of drug-likeness (QED) is 0.373. The van der Waals surface area contributed by atoms with Crippen molar-refractivity contribution >= 4 is 0 Å². The molecule has 0 radical (unpaired) electrons. The number of nitrogens with zero attached hydrogens (tertiary/aromatic N) is 5. The highest BCUT2D eigenvalue weighted by molar-refractivity contribution is 5.52. The van der Waals surface area contributed by atoms with Gasteiger partial charge in [0.15, 0.2) is 11.5 Å². The highest BCUT2D eigenvalue weighted by atomic mass is 19.1. The predicted octanol–water partition coefficient (Wildman–Crippen LogP) is 4.96. The van der Waals surface area contributed by atoms with Crippen molar-refractivity contribution in [3.63, 3.8) is 0 Å². The molecule has 2 aliphatic heterocycles. The zero-order valence-electron chi connectivity index (χ0n) is 24.1. The van der Waals surface area contributed by atoms with Crippen LogP contribution in [-0.2, 0) is 5.41 Å². The first kappa shape index (κ1) is 29.8. The van der Waals surface area contributed by atoms with Gasteiger partial charge in [0.25, 0.3) is 0 Å². The second-order valence-corrected chi connectivity index (χ2v) is 11.6. The van der Waals surface area contributed by atoms with Crippen molar-refractivity contribution in [3.8, 4) is 29.3 Å². The number of nitriles is 1. The fraction of sp³-hybridized carbons (Fsp3) is 0.533. The lowest BCUT2D eigenvalue weighted by Crippen LogP contribution is -2.42. The van der Waals surface area contributed by atoms with Gasteiger partial charge in [-0.2, -0.15) is 15.2 Å². The van der Waals surface area contributed by atoms with Crippen LogP contribution in [0.4, 0.5) is 13.2 Å². The Bertz CT molecular complexity index is 1420. The molecule has 0 bridgehead atoms. The highest BCUT2D eigenvalue weighted by Gasteiger charge is 2.36. The minimum Gasteiger partial charge on any atom is -0.474 e. The van der Waals surface area contributed by atoms with E-state index in [2.05, 4.69) is 26.5 Å². The van der Waals surface area contributed by atoms with Gasteiger partial charge >= 0.3 is 0 Å². The first-order valence-corrected chi connectivity index (χ1v) is 14.1. The van der Waals surface area contributed by atoms with Crippen LogP contribution in [0.3, 0.4) is 0 Å². The molecule has 0 unspecified atom stereocenters. The fourth-order valence-electron chi connectivity index (χ4n) is 5.83. The van der Waals surface area contributed by atoms with Crippen LogP contribution in [0.1, 0.15) is 57.8 Å². The Labute approximate surface area is 243 Å². The standard InChI is InChI=1S/C30H35F3N6O3/c1-17(24-12-18(31)16-39(24)4)40-26-15-27(41-20-9-11-35-19(13-20)8-10-34)37-29(36-26)23-14-25(42-38-23)30(2,3)28-21(32)6-5-7-22(28)33/h5-7,14-15,17-20,24,35H,8-9,11-13,16H2,1-4H3/t17-,18+,19+,20-,24-/m0/s1. The molecule has 0 saturated carbocycles. The summed E-state index contributed by atoms with van der Waals surface area (Å²) in [6.07, 6.45) is 0.551. The zero-order chi connectivity index (χ0) is 30.0. The molecule has 2 saturated heterocycles. The van der Waals surface area contributed by atoms with Crippen molar-refractivity contribution in [3.05, 3.63) is 53.3 Å². The molecule has 5 atom stereocenters. The SMILES string of the molecule is C[C@H](Oc1cc(O[C@H]2CCN[C@H](CC#N)C2)nc(-c2cc(C(C)(C)c3c(F)cccc3F)on2)n1)[C@@H]1C[C@@H](F)CN1C. The van der Waals surface area contributed by atoms with Crippen LogP contribution in [0.2, 0.25) is 0 Å². The first-order chi connectivity index (χ1) is 20.0. The number of likely N-dealkylation sites (N-methyl/N-ethyl adjacent to an activating group) is 1. The maximum absolute atomic E-state index is 14.7. The molecule has 0 amide bonds. The second kappa shape index (κ2) is 12.3. The van der Waals surface area contributed by atoms with Crippen molar-refractivity contribution in [1.29, 1.82) is 5.26 Å². The summed E-state index contributed by atoms with van der Waals surface area (Å²) in [4.78, 5) is 11.0. The summed E-state index contributed by atoms with van der Waals surface area (Å²) >= 11 is 0. The Morgan fingerprint density at radius 3 is 2.62 bits per heavy atom. The second-order valence-electron chi connectivity index (χ2n) is 11.6. The third-order valence-corrected chi connectivity index (χ3v) is 8.09. The largest absolute Gasteiger partial charge is 0.474 e. The van der Waals surface area contributed by atoms with Gasteiger partial charge in [-0.05, 0) is 59.3 Å². The summed E-state index contributed by atoms with van der Waals surface area (Å²) in [5, 5.41) is 16.6. The molecule has 5 rings (SSSR count). The van der Waals surface area contributed by atoms with E-state index in [1.165, 1.54) is 18.2 Å². The Kier molecular flexibility index (Phi) is 8.70. The van der Waals surface area contributed by atoms with Gasteiger partial charge in [-0.3, -0.25) is 4.90 Å². The summed E-state index contributed by atoms with van der Waals surface area (Å²) in [6, 6.07) is 8.88. The van der Waals surface area contributed by atoms with E-state index >= 15 is 0 Å². The Balaban J connectivity index is 1.45. The van der Waals surface area contributed by atoms with Crippen LogP contribution < -0.4 is 14.8 Å². The van der Waals surface area contributed by atoms with Crippen molar-refractivity contribution in [2.75, 3.05) is 20.1 Å². The maximum atomic E-state index is 14.7. The lowest BCUT2D eigenvalue weighted by atomic mass is 9.81. The molecule has 9 nitrogen and oxygen atoms in total. The summed E-state index contributed by atoms with van der Waals surface area (Å²) in [7, 11) is 1.86. The summed E-state index contributed by atoms with van der Waals surface area (Å²) < 4.78 is 61.4. The van der Waals surface area contributed by atoms with Crippen LogP contribution in [0, 0.1) is 23.0 Å². The fourth-order valence-corrected chi connectivity index (χ4v) is 5.83. The third-order valence-electron chi connectivity index (χ3n) is 8.09. The van der Waals surface area contributed by atoms with E-state index in [4.69, 9.17) is 19.3 Å². The number of rotatable bonds is 9. The van der Waals surface area contributed by atoms with E-state index in [-0.39, 0.29) is 58.9 Å². The average molecular weight is 585 g/mol. The topological polar surface area (TPSA) is 109 Å². The van der Waals surface area contributed by atoms with Gasteiger partial charge < -0.3 is 19.3 Å². The van der Waals surface area contributed by atoms with E-state index < -0.39 is 23.2 Å². The number of hydrogen-bond donors (Lipinski definition) is 1. The molecule has 1 aromatic carbocycles. The van der Waals surface area contributed by atoms with Gasteiger partial charge in [-0.25, -0.2) is 13.2 Å². The van der Waals surface area contributed by atoms with Crippen molar-refractivity contribution < 1.29 is 27.2 Å². The Hall–Kier alpha value is -3.69. The highest BCUT2D eigenvalue weighted by Crippen LogP contribution is 2.37. The van der Waals surface area contributed by atoms with Crippen molar-refractivity contribution in [2.45, 2.75) is 82.3 Å². The molecule has 0 aliphatic carbocycles. The molecule has 2 fully saturated rings. The van der Waals surface area contributed by atoms with Crippen LogP contribution in [-0.4, -0.2) is 70.6 Å². The monoisotopic (exact) mass is 584 g/mol. The lowest BCUT2D eigenvalue weighted by Gasteiger charge is -2.29. The third kappa shape index (κ3) is 6.37. The first-order valence-electron chi connectivity index (χ1n) is 14.1. The summed E-state index contributed by atoms with van der Waals surface area (Å²) in [5.41, 5.74) is -1.11. The maximum Gasteiger partial charge on any atom is 0.221 e. The van der Waals surface area contributed by atoms with E-state index in [1.54, 1.807) is 26.0 Å². The zero-order valence-corrected chi connectivity index (χ0v) is 24.1. The van der Waals surface area contributed by atoms with Crippen LogP contribution in [0.5, 0.6) is 11.8 Å². The molecule has 2 aromatic heterocycles. The minimum atomic E-state index is -1.19. The normalized spacial score (nSPS) is 23.9. The van der Waals surface area contributed by atoms with Crippen LogP contribution >= 0.6 is 0 Å². The van der Waals surface area contributed by atoms with Gasteiger partial charge in [0.05, 0.1) is 24.0 Å². The number of hydrogen-bond acceptors (Lipinski definition) is 9. The molecule has 42 heavy (non-hydrogen) atoms. The summed E-state index contributed by atoms with van der Waals surface area (Å²) in [5.74, 6) is -0.579. The molecule has 224 valence electrons. The van der Waals surface area contributed by atoms with E-state index in [1.807, 2.05) is 18.9 Å². The minimum absolute atomic E-state index is 0.0106. The lowest BCUT2D eigenvalue weighted by molar-refractivity contribution is 0.113. The predicted molar refractivity (Wildman–Crippen MR) is 148 cm³/mol. The Morgan fingerprint density at radius 2 is 1.93 bits per heavy atom. The molecule has 1 N–H and O–H groups in total. The molecule has 4 heterocycles. The van der Waals surface area contributed by atoms with Gasteiger partial charge in [0, 0.05) is 36.7 Å². The number of halogens is 3. The van der Waals surface area contributed by atoms with Crippen LogP contribution in [0.25, 0.3) is 11.5 Å². The Morgan fingerprint density at radius 1 is 1.19 bits per heavy atom. The molecular formula is C30H35F3N6O3. The van der Waals surface area contributed by atoms with Crippen molar-refractivity contribution in [2.24, 2.45) is 0 Å². The number of alkyl halides is 1. The number of benzene rings is 1. The number of piperidine rings is 1. The van der Waals surface area contributed by atoms with Gasteiger partial charge in [0.2, 0.25) is 11.8 Å². The number of ether oxygens (including phenoxy) is 2. The van der Waals surface area contributed by atoms with Crippen LogP contribution in [0.15, 0.2) is 34.9 Å². The summed E-state index contributed by atoms with van der Waals surface area (Å²) in [6.45, 7) is 6.17. The van der Waals surface area contributed by atoms with Gasteiger partial charge in [-0.1, -0.05) is 11.2 Å². The molecule has 0 spiro atoms. The van der Waals surface area contributed by atoms with Gasteiger partial charge in [0.1, 0.15) is 35.8 Å². The van der Waals surface area contributed by atoms with E-state index in [0.717, 1.165) is 6.42 Å². The number of aromatic nitrogens is 3. The smallest absolute Gasteiger partial charge is 0.221 e. The number of nitrogens with one attached hydrogen (secondary N) is 1.